The number of phenols is 1. The van der Waals surface area contributed by atoms with Crippen LogP contribution in [0, 0.1) is 23.6 Å². The Hall–Kier alpha value is -3.65. The Kier molecular flexibility index (Phi) is 6.74. The van der Waals surface area contributed by atoms with Crippen molar-refractivity contribution < 1.29 is 55.0 Å². The van der Waals surface area contributed by atoms with Crippen LogP contribution < -0.4 is 4.90 Å². The first-order valence-electron chi connectivity index (χ1n) is 13.3. The van der Waals surface area contributed by atoms with Crippen molar-refractivity contribution in [2.75, 3.05) is 11.9 Å². The van der Waals surface area contributed by atoms with Crippen LogP contribution in [0.2, 0.25) is 0 Å². The summed E-state index contributed by atoms with van der Waals surface area (Å²) >= 11 is 13.9. The van der Waals surface area contributed by atoms with Crippen LogP contribution in [0.5, 0.6) is 5.75 Å². The number of nitrogens with zero attached hydrogens (tertiary/aromatic N) is 2. The van der Waals surface area contributed by atoms with E-state index in [0.717, 1.165) is 19.2 Å². The number of halogens is 9. The van der Waals surface area contributed by atoms with Crippen molar-refractivity contribution in [3.63, 3.8) is 0 Å². The molecule has 2 heterocycles. The molecule has 2 saturated heterocycles. The summed E-state index contributed by atoms with van der Waals surface area (Å²) in [4.78, 5) is 50.8. The number of hydrogen-bond donors (Lipinski definition) is 1. The monoisotopic (exact) mass is 678 g/mol. The van der Waals surface area contributed by atoms with Gasteiger partial charge in [-0.05, 0) is 54.7 Å². The fraction of sp³-hybridized carbons (Fsp3) is 0.379. The van der Waals surface area contributed by atoms with Crippen LogP contribution in [0.1, 0.15) is 35.4 Å². The third-order valence-corrected chi connectivity index (χ3v) is 10.6. The Morgan fingerprint density at radius 2 is 1.47 bits per heavy atom. The lowest BCUT2D eigenvalue weighted by molar-refractivity contribution is -0.143. The third kappa shape index (κ3) is 4.24. The number of hydrogen-bond acceptors (Lipinski definition) is 5. The van der Waals surface area contributed by atoms with Crippen LogP contribution in [0.4, 0.5) is 36.4 Å². The minimum atomic E-state index is -5.25. The summed E-state index contributed by atoms with van der Waals surface area (Å²) < 4.78 is 96.2. The number of amides is 4. The maximum Gasteiger partial charge on any atom is 0.416 e. The van der Waals surface area contributed by atoms with Crippen LogP contribution >= 0.6 is 23.2 Å². The minimum absolute atomic E-state index is 0.0162. The van der Waals surface area contributed by atoms with Crippen molar-refractivity contribution in [3.8, 4) is 5.75 Å². The standard InChI is InChI=1S/C29H19Cl2F7N2O5/c1-39-24(44)26(30)10-17-15(21(27(26,31)25(39)45)11-2-5-19(41)18(32)6-11)3-4-16-20(17)23(43)40(22(16)42)14-8-12(28(33,34)35)7-13(9-14)29(36,37)38/h2-3,5-9,16-17,20-21,41H,4,10H2,1H3/t16-,17+,20-,21-,26+,27-/m0/s1. The molecule has 16 heteroatoms. The van der Waals surface area contributed by atoms with Gasteiger partial charge < -0.3 is 5.11 Å². The summed E-state index contributed by atoms with van der Waals surface area (Å²) in [5.41, 5.74) is -4.24. The largest absolute Gasteiger partial charge is 0.505 e. The Labute approximate surface area is 259 Å². The summed E-state index contributed by atoms with van der Waals surface area (Å²) in [5, 5.41) is 9.77. The van der Waals surface area contributed by atoms with Crippen molar-refractivity contribution in [1.82, 2.24) is 4.90 Å². The predicted octanol–water partition coefficient (Wildman–Crippen LogP) is 5.76. The molecule has 0 aromatic heterocycles. The number of imide groups is 2. The second-order valence-electron chi connectivity index (χ2n) is 11.5. The van der Waals surface area contributed by atoms with Crippen LogP contribution in [-0.2, 0) is 31.5 Å². The topological polar surface area (TPSA) is 95.0 Å². The van der Waals surface area contributed by atoms with Gasteiger partial charge >= 0.3 is 12.4 Å². The molecule has 0 bridgehead atoms. The minimum Gasteiger partial charge on any atom is -0.505 e. The number of rotatable bonds is 2. The van der Waals surface area contributed by atoms with Gasteiger partial charge in [-0.3, -0.25) is 24.1 Å². The first-order chi connectivity index (χ1) is 20.7. The number of alkyl halides is 8. The lowest BCUT2D eigenvalue weighted by atomic mass is 9.56. The molecule has 1 saturated carbocycles. The smallest absolute Gasteiger partial charge is 0.416 e. The fourth-order valence-electron chi connectivity index (χ4n) is 7.14. The zero-order valence-corrected chi connectivity index (χ0v) is 24.2. The van der Waals surface area contributed by atoms with Gasteiger partial charge in [-0.1, -0.05) is 17.7 Å². The molecule has 2 aliphatic heterocycles. The summed E-state index contributed by atoms with van der Waals surface area (Å²) in [6, 6.07) is 3.45. The van der Waals surface area contributed by atoms with Gasteiger partial charge in [0.15, 0.2) is 21.3 Å². The zero-order chi connectivity index (χ0) is 33.2. The highest BCUT2D eigenvalue weighted by Crippen LogP contribution is 2.65. The van der Waals surface area contributed by atoms with Crippen molar-refractivity contribution in [1.29, 1.82) is 0 Å². The molecular weight excluding hydrogens is 660 g/mol. The number of aromatic hydroxyl groups is 1. The molecule has 6 rings (SSSR count). The van der Waals surface area contributed by atoms with Crippen molar-refractivity contribution in [3.05, 3.63) is 70.6 Å². The van der Waals surface area contributed by atoms with Crippen molar-refractivity contribution >= 4 is 52.5 Å². The van der Waals surface area contributed by atoms with E-state index in [-0.39, 0.29) is 40.7 Å². The van der Waals surface area contributed by atoms with Gasteiger partial charge in [0.2, 0.25) is 11.8 Å². The Bertz CT molecular complexity index is 1710. The van der Waals surface area contributed by atoms with Gasteiger partial charge in [0, 0.05) is 13.0 Å². The number of anilines is 1. The lowest BCUT2D eigenvalue weighted by Crippen LogP contribution is -2.60. The molecule has 2 aromatic rings. The third-order valence-electron chi connectivity index (χ3n) is 9.15. The molecular formula is C29H19Cl2F7N2O5. The van der Waals surface area contributed by atoms with Gasteiger partial charge in [-0.15, -0.1) is 23.2 Å². The Balaban J connectivity index is 1.50. The predicted molar refractivity (Wildman–Crippen MR) is 142 cm³/mol. The SMILES string of the molecule is CN1C(=O)[C@]2(Cl)C[C@@H]3C(=CC[C@@H]4C(=O)N(c5cc(C(F)(F)F)cc(C(F)(F)F)c5)C(=O)[C@@H]43)[C@H](c3ccc(O)c(F)c3)[C@]2(Cl)C1=O. The van der Waals surface area contributed by atoms with Gasteiger partial charge in [0.05, 0.1) is 28.7 Å². The summed E-state index contributed by atoms with van der Waals surface area (Å²) in [5.74, 6) is -11.3. The number of phenolic OH excluding ortho intramolecular Hbond substituents is 1. The zero-order valence-electron chi connectivity index (χ0n) is 22.6. The highest BCUT2D eigenvalue weighted by atomic mass is 35.5. The second kappa shape index (κ2) is 9.68. The molecule has 3 fully saturated rings. The molecule has 238 valence electrons. The number of likely N-dealkylation sites (tertiary alicyclic amines) is 1. The average molecular weight is 679 g/mol. The number of carbonyl (C=O) groups is 4. The fourth-order valence-corrected chi connectivity index (χ4v) is 8.16. The molecule has 4 amide bonds. The maximum absolute atomic E-state index is 14.6. The van der Waals surface area contributed by atoms with Gasteiger partial charge in [0.1, 0.15) is 0 Å². The van der Waals surface area contributed by atoms with Gasteiger partial charge in [0.25, 0.3) is 11.8 Å². The lowest BCUT2D eigenvalue weighted by Gasteiger charge is -2.50. The van der Waals surface area contributed by atoms with E-state index in [9.17, 15) is 55.0 Å². The maximum atomic E-state index is 14.6. The summed E-state index contributed by atoms with van der Waals surface area (Å²) in [7, 11) is 1.12. The molecule has 1 N–H and O–H groups in total. The Morgan fingerprint density at radius 1 is 0.867 bits per heavy atom. The van der Waals surface area contributed by atoms with Crippen molar-refractivity contribution in [2.45, 2.75) is 40.9 Å². The molecule has 2 aliphatic carbocycles. The first kappa shape index (κ1) is 31.3. The first-order valence-corrected chi connectivity index (χ1v) is 14.0. The molecule has 45 heavy (non-hydrogen) atoms. The van der Waals surface area contributed by atoms with Crippen molar-refractivity contribution in [2.24, 2.45) is 17.8 Å². The highest BCUT2D eigenvalue weighted by molar-refractivity contribution is 6.53. The van der Waals surface area contributed by atoms with Gasteiger partial charge in [-0.25, -0.2) is 9.29 Å². The van der Waals surface area contributed by atoms with E-state index >= 15 is 0 Å². The molecule has 7 nitrogen and oxygen atoms in total. The molecule has 6 atom stereocenters. The van der Waals surface area contributed by atoms with E-state index < -0.39 is 104 Å². The number of allylic oxidation sites excluding steroid dienone is 2. The van der Waals surface area contributed by atoms with E-state index in [1.165, 1.54) is 12.1 Å². The molecule has 0 radical (unpaired) electrons. The van der Waals surface area contributed by atoms with E-state index in [1.807, 2.05) is 0 Å². The van der Waals surface area contributed by atoms with Crippen LogP contribution in [0.25, 0.3) is 0 Å². The molecule has 2 aromatic carbocycles. The van der Waals surface area contributed by atoms with E-state index in [2.05, 4.69) is 0 Å². The van der Waals surface area contributed by atoms with E-state index in [4.69, 9.17) is 23.2 Å². The highest BCUT2D eigenvalue weighted by Gasteiger charge is 2.76. The molecule has 0 spiro atoms. The summed E-state index contributed by atoms with van der Waals surface area (Å²) in [6.07, 6.45) is -9.83. The van der Waals surface area contributed by atoms with Crippen LogP contribution in [0.15, 0.2) is 48.0 Å². The van der Waals surface area contributed by atoms with Crippen LogP contribution in [-0.4, -0.2) is 50.4 Å². The average Bonchev–Trinajstić information content (AvgIpc) is 3.28. The molecule has 4 aliphatic rings. The van der Waals surface area contributed by atoms with E-state index in [1.54, 1.807) is 0 Å². The van der Waals surface area contributed by atoms with Gasteiger partial charge in [-0.2, -0.15) is 26.3 Å². The second-order valence-corrected chi connectivity index (χ2v) is 12.7. The number of benzene rings is 2. The molecule has 0 unspecified atom stereocenters. The van der Waals surface area contributed by atoms with Crippen LogP contribution in [0.3, 0.4) is 0 Å². The quantitative estimate of drug-likeness (QED) is 0.189. The number of carbonyl (C=O) groups excluding carboxylic acids is 4. The van der Waals surface area contributed by atoms with E-state index in [0.29, 0.717) is 4.90 Å². The summed E-state index contributed by atoms with van der Waals surface area (Å²) in [6.45, 7) is 0. The number of fused-ring (bicyclic) bond motifs is 4. The Morgan fingerprint density at radius 3 is 2.02 bits per heavy atom. The normalized spacial score (nSPS) is 31.6.